The Morgan fingerprint density at radius 1 is 1.00 bits per heavy atom. The van der Waals surface area contributed by atoms with Crippen molar-refractivity contribution in [2.75, 3.05) is 7.05 Å². The van der Waals surface area contributed by atoms with Gasteiger partial charge in [0.05, 0.1) is 16.1 Å². The highest BCUT2D eigenvalue weighted by Crippen LogP contribution is 2.34. The van der Waals surface area contributed by atoms with E-state index in [0.29, 0.717) is 10.0 Å². The zero-order chi connectivity index (χ0) is 14.1. The van der Waals surface area contributed by atoms with Gasteiger partial charge < -0.3 is 5.32 Å². The maximum absolute atomic E-state index is 6.12. The van der Waals surface area contributed by atoms with Gasteiger partial charge >= 0.3 is 0 Å². The molecule has 3 aromatic rings. The summed E-state index contributed by atoms with van der Waals surface area (Å²) in [5, 5.41) is 5.80. The molecule has 1 unspecified atom stereocenters. The van der Waals surface area contributed by atoms with Crippen LogP contribution in [0.1, 0.15) is 16.5 Å². The van der Waals surface area contributed by atoms with E-state index in [-0.39, 0.29) is 6.04 Å². The van der Waals surface area contributed by atoms with Crippen LogP contribution in [0.3, 0.4) is 0 Å². The molecule has 1 atom stereocenters. The average molecular weight is 322 g/mol. The van der Waals surface area contributed by atoms with E-state index in [4.69, 9.17) is 23.2 Å². The number of rotatable bonds is 3. The Kier molecular flexibility index (Phi) is 3.99. The lowest BCUT2D eigenvalue weighted by atomic mass is 10.1. The van der Waals surface area contributed by atoms with Crippen molar-refractivity contribution in [3.8, 4) is 0 Å². The van der Waals surface area contributed by atoms with Crippen molar-refractivity contribution in [3.05, 3.63) is 69.0 Å². The minimum Gasteiger partial charge on any atom is -0.309 e. The first-order chi connectivity index (χ1) is 9.69. The number of fused-ring (bicyclic) bond motifs is 1. The van der Waals surface area contributed by atoms with Gasteiger partial charge in [-0.3, -0.25) is 0 Å². The summed E-state index contributed by atoms with van der Waals surface area (Å²) < 4.78 is 1.29. The molecule has 0 amide bonds. The molecule has 0 bridgehead atoms. The van der Waals surface area contributed by atoms with Crippen LogP contribution in [-0.4, -0.2) is 7.05 Å². The van der Waals surface area contributed by atoms with E-state index in [1.807, 2.05) is 25.2 Å². The van der Waals surface area contributed by atoms with E-state index in [0.717, 1.165) is 5.56 Å². The van der Waals surface area contributed by atoms with Crippen LogP contribution in [0.2, 0.25) is 10.0 Å². The van der Waals surface area contributed by atoms with Gasteiger partial charge in [0.25, 0.3) is 0 Å². The van der Waals surface area contributed by atoms with Crippen LogP contribution in [0.25, 0.3) is 10.1 Å². The molecule has 0 saturated heterocycles. The van der Waals surface area contributed by atoms with E-state index in [9.17, 15) is 0 Å². The summed E-state index contributed by atoms with van der Waals surface area (Å²) in [5.74, 6) is 0. The molecule has 1 aromatic heterocycles. The normalized spacial score (nSPS) is 12.8. The Labute approximate surface area is 132 Å². The van der Waals surface area contributed by atoms with Gasteiger partial charge in [-0.1, -0.05) is 47.5 Å². The molecular formula is C16H13Cl2NS. The average Bonchev–Trinajstić information content (AvgIpc) is 2.87. The minimum absolute atomic E-state index is 0.127. The highest BCUT2D eigenvalue weighted by molar-refractivity contribution is 7.19. The number of benzene rings is 2. The highest BCUT2D eigenvalue weighted by Gasteiger charge is 2.16. The van der Waals surface area contributed by atoms with Gasteiger partial charge in [0.2, 0.25) is 0 Å². The highest BCUT2D eigenvalue weighted by atomic mass is 35.5. The predicted molar refractivity (Wildman–Crippen MR) is 89.2 cm³/mol. The molecule has 0 radical (unpaired) electrons. The van der Waals surface area contributed by atoms with Gasteiger partial charge in [-0.2, -0.15) is 0 Å². The Bertz CT molecular complexity index is 718. The fourth-order valence-electron chi connectivity index (χ4n) is 2.31. The third kappa shape index (κ3) is 2.57. The third-order valence-electron chi connectivity index (χ3n) is 3.29. The second-order valence-electron chi connectivity index (χ2n) is 4.58. The summed E-state index contributed by atoms with van der Waals surface area (Å²) in [6.45, 7) is 0. The fraction of sp³-hybridized carbons (Fsp3) is 0.125. The van der Waals surface area contributed by atoms with Crippen LogP contribution in [0.4, 0.5) is 0 Å². The van der Waals surface area contributed by atoms with Crippen LogP contribution in [0.15, 0.2) is 48.5 Å². The Morgan fingerprint density at radius 3 is 2.50 bits per heavy atom. The lowest BCUT2D eigenvalue weighted by Crippen LogP contribution is -2.16. The molecule has 2 aromatic carbocycles. The minimum atomic E-state index is 0.127. The molecule has 1 nitrogen and oxygen atoms in total. The topological polar surface area (TPSA) is 12.0 Å². The molecular weight excluding hydrogens is 309 g/mol. The molecule has 3 rings (SSSR count). The molecule has 0 aliphatic rings. The van der Waals surface area contributed by atoms with Crippen molar-refractivity contribution in [3.63, 3.8) is 0 Å². The van der Waals surface area contributed by atoms with E-state index >= 15 is 0 Å². The molecule has 1 N–H and O–H groups in total. The molecule has 4 heteroatoms. The van der Waals surface area contributed by atoms with Crippen LogP contribution < -0.4 is 5.32 Å². The molecule has 0 spiro atoms. The lowest BCUT2D eigenvalue weighted by Gasteiger charge is -2.15. The number of thiophene rings is 1. The van der Waals surface area contributed by atoms with Crippen molar-refractivity contribution in [2.45, 2.75) is 6.04 Å². The van der Waals surface area contributed by atoms with E-state index in [1.54, 1.807) is 11.3 Å². The molecule has 0 saturated carbocycles. The summed E-state index contributed by atoms with van der Waals surface area (Å²) in [6.07, 6.45) is 0. The summed E-state index contributed by atoms with van der Waals surface area (Å²) in [4.78, 5) is 1.27. The van der Waals surface area contributed by atoms with Gasteiger partial charge in [0.1, 0.15) is 0 Å². The van der Waals surface area contributed by atoms with Gasteiger partial charge in [0, 0.05) is 9.58 Å². The van der Waals surface area contributed by atoms with Crippen molar-refractivity contribution in [2.24, 2.45) is 0 Å². The van der Waals surface area contributed by atoms with Gasteiger partial charge in [-0.25, -0.2) is 0 Å². The van der Waals surface area contributed by atoms with Crippen LogP contribution in [0, 0.1) is 0 Å². The fourth-order valence-corrected chi connectivity index (χ4v) is 3.82. The van der Waals surface area contributed by atoms with E-state index in [2.05, 4.69) is 35.6 Å². The third-order valence-corrected chi connectivity index (χ3v) is 5.21. The quantitative estimate of drug-likeness (QED) is 0.670. The van der Waals surface area contributed by atoms with Crippen LogP contribution in [0.5, 0.6) is 0 Å². The molecule has 0 aliphatic heterocycles. The van der Waals surface area contributed by atoms with E-state index < -0.39 is 0 Å². The van der Waals surface area contributed by atoms with Crippen molar-refractivity contribution >= 4 is 44.6 Å². The molecule has 20 heavy (non-hydrogen) atoms. The smallest absolute Gasteiger partial charge is 0.0669 e. The number of halogens is 2. The first-order valence-corrected chi connectivity index (χ1v) is 7.87. The summed E-state index contributed by atoms with van der Waals surface area (Å²) in [5.41, 5.74) is 1.12. The van der Waals surface area contributed by atoms with Gasteiger partial charge in [-0.05, 0) is 42.3 Å². The monoisotopic (exact) mass is 321 g/mol. The van der Waals surface area contributed by atoms with Crippen LogP contribution >= 0.6 is 34.5 Å². The molecule has 1 heterocycles. The Hall–Kier alpha value is -1.06. The zero-order valence-electron chi connectivity index (χ0n) is 10.9. The molecule has 0 fully saturated rings. The number of hydrogen-bond acceptors (Lipinski definition) is 2. The largest absolute Gasteiger partial charge is 0.309 e. The summed E-state index contributed by atoms with van der Waals surface area (Å²) in [7, 11) is 1.96. The Morgan fingerprint density at radius 2 is 1.80 bits per heavy atom. The molecule has 0 aliphatic carbocycles. The lowest BCUT2D eigenvalue weighted by molar-refractivity contribution is 0.704. The van der Waals surface area contributed by atoms with Crippen molar-refractivity contribution in [1.82, 2.24) is 5.32 Å². The summed E-state index contributed by atoms with van der Waals surface area (Å²) >= 11 is 13.9. The Balaban J connectivity index is 2.06. The first kappa shape index (κ1) is 13.9. The zero-order valence-corrected chi connectivity index (χ0v) is 13.2. The summed E-state index contributed by atoms with van der Waals surface area (Å²) in [6, 6.07) is 16.5. The van der Waals surface area contributed by atoms with Crippen molar-refractivity contribution in [1.29, 1.82) is 0 Å². The number of nitrogens with one attached hydrogen (secondary N) is 1. The standard InChI is InChI=1S/C16H13Cl2NS/c1-19-16(11-6-7-12(17)13(18)8-11)15-9-10-4-2-3-5-14(10)20-15/h2-9,16,19H,1H3. The van der Waals surface area contributed by atoms with Gasteiger partial charge in [-0.15, -0.1) is 11.3 Å². The van der Waals surface area contributed by atoms with E-state index in [1.165, 1.54) is 15.0 Å². The molecule has 102 valence electrons. The second-order valence-corrected chi connectivity index (χ2v) is 6.51. The van der Waals surface area contributed by atoms with Gasteiger partial charge in [0.15, 0.2) is 0 Å². The first-order valence-electron chi connectivity index (χ1n) is 6.29. The predicted octanol–water partition coefficient (Wildman–Crippen LogP) is 5.52. The number of hydrogen-bond donors (Lipinski definition) is 1. The second kappa shape index (κ2) is 5.74. The van der Waals surface area contributed by atoms with Crippen molar-refractivity contribution < 1.29 is 0 Å². The van der Waals surface area contributed by atoms with Crippen LogP contribution in [-0.2, 0) is 0 Å². The maximum Gasteiger partial charge on any atom is 0.0669 e. The maximum atomic E-state index is 6.12. The SMILES string of the molecule is CNC(c1ccc(Cl)c(Cl)c1)c1cc2ccccc2s1.